The normalized spacial score (nSPS) is 12.1. The van der Waals surface area contributed by atoms with Crippen molar-refractivity contribution in [1.29, 1.82) is 0 Å². The Morgan fingerprint density at radius 3 is 2.33 bits per heavy atom. The zero-order valence-corrected chi connectivity index (χ0v) is 8.92. The van der Waals surface area contributed by atoms with Crippen LogP contribution in [0.15, 0.2) is 18.2 Å². The number of nitrogens with two attached hydrogens (primary N) is 1. The van der Waals surface area contributed by atoms with E-state index in [4.69, 9.17) is 34.0 Å². The molecule has 3 N–H and O–H groups in total. The van der Waals surface area contributed by atoms with Crippen molar-refractivity contribution in [2.45, 2.75) is 5.92 Å². The molecule has 4 nitrogen and oxygen atoms in total. The fourth-order valence-corrected chi connectivity index (χ4v) is 1.66. The van der Waals surface area contributed by atoms with Gasteiger partial charge in [-0.25, -0.2) is 0 Å². The predicted molar refractivity (Wildman–Crippen MR) is 56.0 cm³/mol. The van der Waals surface area contributed by atoms with Crippen molar-refractivity contribution in [1.82, 2.24) is 0 Å². The zero-order chi connectivity index (χ0) is 11.6. The van der Waals surface area contributed by atoms with Crippen LogP contribution in [-0.4, -0.2) is 17.0 Å². The maximum absolute atomic E-state index is 10.9. The first-order valence-electron chi connectivity index (χ1n) is 3.90. The molecule has 0 spiro atoms. The average molecular weight is 248 g/mol. The Morgan fingerprint density at radius 2 is 1.93 bits per heavy atom. The maximum Gasteiger partial charge on any atom is 0.320 e. The van der Waals surface area contributed by atoms with E-state index in [1.54, 1.807) is 0 Å². The van der Waals surface area contributed by atoms with Gasteiger partial charge in [-0.05, 0) is 17.7 Å². The predicted octanol–water partition coefficient (Wildman–Crippen LogP) is 1.65. The van der Waals surface area contributed by atoms with Gasteiger partial charge in [0.05, 0.1) is 0 Å². The van der Waals surface area contributed by atoms with Gasteiger partial charge < -0.3 is 10.8 Å². The highest BCUT2D eigenvalue weighted by Gasteiger charge is 2.27. The summed E-state index contributed by atoms with van der Waals surface area (Å²) >= 11 is 11.4. The van der Waals surface area contributed by atoms with Crippen molar-refractivity contribution in [2.24, 2.45) is 5.73 Å². The molecule has 0 saturated carbocycles. The zero-order valence-electron chi connectivity index (χ0n) is 7.41. The molecule has 1 aromatic rings. The van der Waals surface area contributed by atoms with Gasteiger partial charge in [0.1, 0.15) is 0 Å². The molecule has 6 heteroatoms. The number of aliphatic carboxylic acids is 1. The SMILES string of the molecule is NC(=O)C(C(=O)O)c1ccc(Cl)cc1Cl. The van der Waals surface area contributed by atoms with Crippen LogP contribution in [0.2, 0.25) is 10.0 Å². The Balaban J connectivity index is 3.23. The number of hydrogen-bond donors (Lipinski definition) is 2. The second kappa shape index (κ2) is 4.51. The number of primary amides is 1. The molecule has 15 heavy (non-hydrogen) atoms. The van der Waals surface area contributed by atoms with Gasteiger partial charge in [0.25, 0.3) is 0 Å². The van der Waals surface area contributed by atoms with Crippen LogP contribution >= 0.6 is 23.2 Å². The number of hydrogen-bond acceptors (Lipinski definition) is 2. The standard InChI is InChI=1S/C9H7Cl2NO3/c10-4-1-2-5(6(11)3-4)7(8(12)13)9(14)15/h1-3,7H,(H2,12,13)(H,14,15). The van der Waals surface area contributed by atoms with E-state index in [1.165, 1.54) is 18.2 Å². The molecule has 1 amide bonds. The third kappa shape index (κ3) is 2.61. The highest BCUT2D eigenvalue weighted by atomic mass is 35.5. The Morgan fingerprint density at radius 1 is 1.33 bits per heavy atom. The number of carbonyl (C=O) groups excluding carboxylic acids is 1. The number of amides is 1. The fourth-order valence-electron chi connectivity index (χ4n) is 1.14. The van der Waals surface area contributed by atoms with E-state index < -0.39 is 17.8 Å². The lowest BCUT2D eigenvalue weighted by atomic mass is 9.99. The van der Waals surface area contributed by atoms with Gasteiger partial charge in [-0.2, -0.15) is 0 Å². The summed E-state index contributed by atoms with van der Waals surface area (Å²) in [7, 11) is 0. The van der Waals surface area contributed by atoms with Crippen LogP contribution in [0.3, 0.4) is 0 Å². The maximum atomic E-state index is 10.9. The van der Waals surface area contributed by atoms with Crippen LogP contribution in [0.1, 0.15) is 11.5 Å². The van der Waals surface area contributed by atoms with Gasteiger partial charge in [-0.1, -0.05) is 29.3 Å². The third-order valence-electron chi connectivity index (χ3n) is 1.80. The number of benzene rings is 1. The molecule has 0 aliphatic heterocycles. The van der Waals surface area contributed by atoms with E-state index in [2.05, 4.69) is 0 Å². The van der Waals surface area contributed by atoms with Crippen molar-refractivity contribution in [3.8, 4) is 0 Å². The van der Waals surface area contributed by atoms with Crippen LogP contribution in [0.5, 0.6) is 0 Å². The molecular formula is C9H7Cl2NO3. The Bertz CT molecular complexity index is 406. The molecule has 0 saturated heterocycles. The largest absolute Gasteiger partial charge is 0.480 e. The molecule has 1 aromatic carbocycles. The fraction of sp³-hybridized carbons (Fsp3) is 0.111. The van der Waals surface area contributed by atoms with E-state index >= 15 is 0 Å². The summed E-state index contributed by atoms with van der Waals surface area (Å²) in [6.07, 6.45) is 0. The van der Waals surface area contributed by atoms with E-state index in [0.717, 1.165) is 0 Å². The molecule has 1 rings (SSSR count). The van der Waals surface area contributed by atoms with Crippen LogP contribution < -0.4 is 5.73 Å². The minimum atomic E-state index is -1.45. The number of carbonyl (C=O) groups is 2. The first-order valence-corrected chi connectivity index (χ1v) is 4.66. The van der Waals surface area contributed by atoms with Crippen molar-refractivity contribution in [2.75, 3.05) is 0 Å². The second-order valence-corrected chi connectivity index (χ2v) is 3.68. The molecule has 80 valence electrons. The quantitative estimate of drug-likeness (QED) is 0.798. The lowest BCUT2D eigenvalue weighted by molar-refractivity contribution is -0.142. The number of carboxylic acids is 1. The minimum Gasteiger partial charge on any atom is -0.480 e. The van der Waals surface area contributed by atoms with Crippen LogP contribution in [0.4, 0.5) is 0 Å². The number of carboxylic acid groups (broad SMARTS) is 1. The van der Waals surface area contributed by atoms with Gasteiger partial charge in [0.2, 0.25) is 5.91 Å². The van der Waals surface area contributed by atoms with Gasteiger partial charge in [0.15, 0.2) is 5.92 Å². The van der Waals surface area contributed by atoms with Crippen molar-refractivity contribution < 1.29 is 14.7 Å². The molecule has 1 unspecified atom stereocenters. The van der Waals surface area contributed by atoms with Gasteiger partial charge in [-0.15, -0.1) is 0 Å². The van der Waals surface area contributed by atoms with Crippen molar-refractivity contribution in [3.05, 3.63) is 33.8 Å². The summed E-state index contributed by atoms with van der Waals surface area (Å²) in [6.45, 7) is 0. The van der Waals surface area contributed by atoms with Crippen LogP contribution in [0.25, 0.3) is 0 Å². The third-order valence-corrected chi connectivity index (χ3v) is 2.37. The van der Waals surface area contributed by atoms with Crippen LogP contribution in [-0.2, 0) is 9.59 Å². The number of rotatable bonds is 3. The summed E-state index contributed by atoms with van der Waals surface area (Å²) in [4.78, 5) is 21.7. The highest BCUT2D eigenvalue weighted by Crippen LogP contribution is 2.27. The Labute approximate surface area is 95.6 Å². The van der Waals surface area contributed by atoms with Gasteiger partial charge in [0, 0.05) is 10.0 Å². The second-order valence-electron chi connectivity index (χ2n) is 2.84. The Hall–Kier alpha value is -1.26. The van der Waals surface area contributed by atoms with E-state index in [1.807, 2.05) is 0 Å². The van der Waals surface area contributed by atoms with E-state index in [9.17, 15) is 9.59 Å². The Kier molecular flexibility index (Phi) is 3.55. The molecule has 1 atom stereocenters. The first-order chi connectivity index (χ1) is 6.93. The highest BCUT2D eigenvalue weighted by molar-refractivity contribution is 6.35. The molecule has 0 heterocycles. The summed E-state index contributed by atoms with van der Waals surface area (Å²) < 4.78 is 0. The molecule has 0 aromatic heterocycles. The lowest BCUT2D eigenvalue weighted by Crippen LogP contribution is -2.28. The summed E-state index contributed by atoms with van der Waals surface area (Å²) in [5.74, 6) is -3.76. The average Bonchev–Trinajstić information content (AvgIpc) is 2.08. The van der Waals surface area contributed by atoms with Crippen molar-refractivity contribution >= 4 is 35.1 Å². The molecule has 0 aliphatic carbocycles. The molecular weight excluding hydrogens is 241 g/mol. The van der Waals surface area contributed by atoms with E-state index in [-0.39, 0.29) is 10.6 Å². The first kappa shape index (κ1) is 11.8. The summed E-state index contributed by atoms with van der Waals surface area (Å²) in [5, 5.41) is 9.26. The summed E-state index contributed by atoms with van der Waals surface area (Å²) in [6, 6.07) is 4.17. The smallest absolute Gasteiger partial charge is 0.320 e. The molecule has 0 radical (unpaired) electrons. The van der Waals surface area contributed by atoms with Crippen LogP contribution in [0, 0.1) is 0 Å². The monoisotopic (exact) mass is 247 g/mol. The van der Waals surface area contributed by atoms with E-state index in [0.29, 0.717) is 5.02 Å². The number of halogens is 2. The lowest BCUT2D eigenvalue weighted by Gasteiger charge is -2.10. The van der Waals surface area contributed by atoms with Gasteiger partial charge in [-0.3, -0.25) is 9.59 Å². The topological polar surface area (TPSA) is 80.4 Å². The van der Waals surface area contributed by atoms with Gasteiger partial charge >= 0.3 is 5.97 Å². The van der Waals surface area contributed by atoms with Crippen molar-refractivity contribution in [3.63, 3.8) is 0 Å². The minimum absolute atomic E-state index is 0.105. The molecule has 0 bridgehead atoms. The summed E-state index contributed by atoms with van der Waals surface area (Å²) in [5.41, 5.74) is 5.11. The molecule has 0 fully saturated rings. The molecule has 0 aliphatic rings.